The van der Waals surface area contributed by atoms with Gasteiger partial charge in [0.25, 0.3) is 11.6 Å². The first-order valence-corrected chi connectivity index (χ1v) is 13.4. The van der Waals surface area contributed by atoms with Crippen LogP contribution in [0.15, 0.2) is 94.9 Å². The number of nitrogens with one attached hydrogen (secondary N) is 2. The van der Waals surface area contributed by atoms with Gasteiger partial charge in [-0.15, -0.1) is 0 Å². The number of non-ortho nitro benzene ring substituents is 1. The number of benzene rings is 4. The molecule has 0 fully saturated rings. The molecule has 13 heteroatoms. The molecule has 4 N–H and O–H groups in total. The number of fused-ring (bicyclic) bond motifs is 2. The van der Waals surface area contributed by atoms with E-state index in [0.29, 0.717) is 5.69 Å². The number of anilines is 2. The predicted molar refractivity (Wildman–Crippen MR) is 152 cm³/mol. The van der Waals surface area contributed by atoms with E-state index in [0.717, 1.165) is 16.3 Å². The van der Waals surface area contributed by atoms with Crippen LogP contribution in [0.3, 0.4) is 0 Å². The highest BCUT2D eigenvalue weighted by Crippen LogP contribution is 2.34. The van der Waals surface area contributed by atoms with Gasteiger partial charge in [0.2, 0.25) is 10.0 Å². The van der Waals surface area contributed by atoms with E-state index in [4.69, 9.17) is 17.4 Å². The number of rotatable bonds is 6. The van der Waals surface area contributed by atoms with E-state index in [-0.39, 0.29) is 39.2 Å². The van der Waals surface area contributed by atoms with Crippen LogP contribution in [-0.2, 0) is 21.4 Å². The Hall–Kier alpha value is -4.72. The topological polar surface area (TPSA) is 160 Å². The first-order valence-electron chi connectivity index (χ1n) is 11.5. The maximum atomic E-state index is 13.5. The number of sulfonamides is 1. The van der Waals surface area contributed by atoms with Crippen LogP contribution in [0, 0.1) is 10.1 Å². The monoisotopic (exact) mass is 560 g/mol. The van der Waals surface area contributed by atoms with Gasteiger partial charge in [0, 0.05) is 17.7 Å². The Bertz CT molecular complexity index is 1810. The van der Waals surface area contributed by atoms with Crippen molar-refractivity contribution >= 4 is 66.8 Å². The van der Waals surface area contributed by atoms with Crippen LogP contribution in [0.1, 0.15) is 11.1 Å². The molecule has 4 aromatic rings. The highest BCUT2D eigenvalue weighted by Gasteiger charge is 2.35. The van der Waals surface area contributed by atoms with Crippen molar-refractivity contribution in [3.63, 3.8) is 0 Å². The third kappa shape index (κ3) is 5.31. The van der Waals surface area contributed by atoms with E-state index in [1.807, 2.05) is 42.5 Å². The molecule has 39 heavy (non-hydrogen) atoms. The number of nitrogens with two attached hydrogens (primary N) is 1. The number of primary sulfonamides is 1. The van der Waals surface area contributed by atoms with E-state index in [2.05, 4.69) is 15.8 Å². The van der Waals surface area contributed by atoms with Gasteiger partial charge >= 0.3 is 0 Å². The number of carbonyl (C=O) groups excluding carboxylic acids is 1. The van der Waals surface area contributed by atoms with Crippen LogP contribution in [0.4, 0.5) is 17.1 Å². The highest BCUT2D eigenvalue weighted by atomic mass is 32.2. The van der Waals surface area contributed by atoms with Crippen molar-refractivity contribution in [1.82, 2.24) is 5.43 Å². The number of nitro benzene ring substituents is 1. The Morgan fingerprint density at radius 1 is 1.00 bits per heavy atom. The molecular weight excluding hydrogens is 540 g/mol. The molecule has 1 aliphatic heterocycles. The van der Waals surface area contributed by atoms with Gasteiger partial charge in [-0.25, -0.2) is 13.6 Å². The Labute approximate surface area is 228 Å². The molecular formula is C26H20N6O5S2. The summed E-state index contributed by atoms with van der Waals surface area (Å²) in [6, 6.07) is 23.7. The van der Waals surface area contributed by atoms with E-state index in [1.54, 1.807) is 6.07 Å². The molecule has 0 saturated heterocycles. The summed E-state index contributed by atoms with van der Waals surface area (Å²) in [6.45, 7) is 0.206. The normalized spacial score (nSPS) is 13.9. The lowest BCUT2D eigenvalue weighted by atomic mass is 10.1. The molecule has 0 aromatic heterocycles. The van der Waals surface area contributed by atoms with Crippen molar-refractivity contribution in [2.24, 2.45) is 10.2 Å². The molecule has 5 rings (SSSR count). The molecule has 1 heterocycles. The van der Waals surface area contributed by atoms with E-state index in [1.165, 1.54) is 41.3 Å². The standard InChI is InChI=1S/C26H20N6O5S2/c27-39(36,37)23-8-4-3-7-21(23)28-26(38)30-29-24-20-14-19(32(34)35)11-12-22(20)31(25(24)33)15-16-9-10-17-5-1-2-6-18(17)13-16/h1-14H,15H2,(H2,27,36,37)(H2,28,30,38). The average molecular weight is 561 g/mol. The van der Waals surface area contributed by atoms with Gasteiger partial charge in [-0.05, 0) is 52.8 Å². The summed E-state index contributed by atoms with van der Waals surface area (Å²) < 4.78 is 23.7. The maximum absolute atomic E-state index is 13.5. The minimum Gasteiger partial charge on any atom is -0.330 e. The number of hydrazone groups is 1. The molecule has 11 nitrogen and oxygen atoms in total. The fourth-order valence-corrected chi connectivity index (χ4v) is 5.12. The number of para-hydroxylation sites is 1. The maximum Gasteiger partial charge on any atom is 0.279 e. The molecule has 0 saturated carbocycles. The summed E-state index contributed by atoms with van der Waals surface area (Å²) >= 11 is 5.24. The van der Waals surface area contributed by atoms with Crippen LogP contribution >= 0.6 is 12.2 Å². The summed E-state index contributed by atoms with van der Waals surface area (Å²) in [4.78, 5) is 25.7. The van der Waals surface area contributed by atoms with Gasteiger partial charge in [-0.1, -0.05) is 48.5 Å². The lowest BCUT2D eigenvalue weighted by Gasteiger charge is -2.17. The summed E-state index contributed by atoms with van der Waals surface area (Å²) in [5.41, 5.74) is 3.94. The molecule has 1 aliphatic rings. The number of nitrogens with zero attached hydrogens (tertiary/aromatic N) is 3. The minimum atomic E-state index is -4.03. The van der Waals surface area contributed by atoms with E-state index < -0.39 is 20.9 Å². The fourth-order valence-electron chi connectivity index (χ4n) is 4.27. The van der Waals surface area contributed by atoms with E-state index in [9.17, 15) is 23.3 Å². The van der Waals surface area contributed by atoms with Gasteiger partial charge in [0.05, 0.1) is 22.8 Å². The van der Waals surface area contributed by atoms with Gasteiger partial charge in [0.15, 0.2) is 10.8 Å². The molecule has 196 valence electrons. The van der Waals surface area contributed by atoms with Gasteiger partial charge in [0.1, 0.15) is 4.90 Å². The number of hydrogen-bond donors (Lipinski definition) is 3. The third-order valence-corrected chi connectivity index (χ3v) is 7.21. The quantitative estimate of drug-likeness (QED) is 0.183. The first-order chi connectivity index (χ1) is 18.6. The van der Waals surface area contributed by atoms with Crippen LogP contribution in [-0.4, -0.2) is 30.1 Å². The van der Waals surface area contributed by atoms with Gasteiger partial charge < -0.3 is 10.2 Å². The zero-order valence-electron chi connectivity index (χ0n) is 20.1. The Morgan fingerprint density at radius 3 is 2.46 bits per heavy atom. The molecule has 0 atom stereocenters. The smallest absolute Gasteiger partial charge is 0.279 e. The SMILES string of the molecule is NS(=O)(=O)c1ccccc1NC(=S)NN=C1C(=O)N(Cc2ccc3ccccc3c2)c2ccc([N+](=O)[O-])cc21. The van der Waals surface area contributed by atoms with Crippen molar-refractivity contribution in [2.75, 3.05) is 10.2 Å². The average Bonchev–Trinajstić information content (AvgIpc) is 3.16. The second kappa shape index (κ2) is 10.2. The second-order valence-electron chi connectivity index (χ2n) is 8.60. The van der Waals surface area contributed by atoms with Crippen molar-refractivity contribution in [1.29, 1.82) is 0 Å². The van der Waals surface area contributed by atoms with Crippen LogP contribution in [0.2, 0.25) is 0 Å². The Morgan fingerprint density at radius 2 is 1.72 bits per heavy atom. The summed E-state index contributed by atoms with van der Waals surface area (Å²) in [7, 11) is -4.03. The molecule has 0 bridgehead atoms. The molecule has 0 radical (unpaired) electrons. The third-order valence-electron chi connectivity index (χ3n) is 6.05. The molecule has 0 spiro atoms. The van der Waals surface area contributed by atoms with Crippen molar-refractivity contribution in [3.05, 3.63) is 106 Å². The predicted octanol–water partition coefficient (Wildman–Crippen LogP) is 3.63. The van der Waals surface area contributed by atoms with Crippen LogP contribution < -0.4 is 20.8 Å². The Balaban J connectivity index is 1.45. The zero-order chi connectivity index (χ0) is 27.7. The highest BCUT2D eigenvalue weighted by molar-refractivity contribution is 7.89. The van der Waals surface area contributed by atoms with Crippen LogP contribution in [0.25, 0.3) is 10.8 Å². The molecule has 0 unspecified atom stereocenters. The number of thiocarbonyl (C=S) groups is 1. The molecule has 1 amide bonds. The minimum absolute atomic E-state index is 0.0848. The number of amides is 1. The summed E-state index contributed by atoms with van der Waals surface area (Å²) in [5, 5.41) is 25.5. The van der Waals surface area contributed by atoms with Gasteiger partial charge in [-0.2, -0.15) is 5.10 Å². The van der Waals surface area contributed by atoms with Crippen molar-refractivity contribution in [2.45, 2.75) is 11.4 Å². The van der Waals surface area contributed by atoms with E-state index >= 15 is 0 Å². The van der Waals surface area contributed by atoms with Crippen molar-refractivity contribution < 1.29 is 18.1 Å². The molecule has 0 aliphatic carbocycles. The summed E-state index contributed by atoms with van der Waals surface area (Å²) in [6.07, 6.45) is 0. The summed E-state index contributed by atoms with van der Waals surface area (Å²) in [5.74, 6) is -0.487. The molecule has 4 aromatic carbocycles. The number of nitro groups is 1. The van der Waals surface area contributed by atoms with Crippen molar-refractivity contribution in [3.8, 4) is 0 Å². The zero-order valence-corrected chi connectivity index (χ0v) is 21.7. The lowest BCUT2D eigenvalue weighted by molar-refractivity contribution is -0.384. The Kier molecular flexibility index (Phi) is 6.78. The van der Waals surface area contributed by atoms with Gasteiger partial charge in [-0.3, -0.25) is 20.3 Å². The number of carbonyl (C=O) groups is 1. The number of hydrogen-bond acceptors (Lipinski definition) is 7. The largest absolute Gasteiger partial charge is 0.330 e. The first kappa shape index (κ1) is 25.9. The fraction of sp³-hybridized carbons (Fsp3) is 0.0385. The second-order valence-corrected chi connectivity index (χ2v) is 10.5. The lowest BCUT2D eigenvalue weighted by Crippen LogP contribution is -2.32. The van der Waals surface area contributed by atoms with Crippen LogP contribution in [0.5, 0.6) is 0 Å².